The van der Waals surface area contributed by atoms with E-state index in [4.69, 9.17) is 26.8 Å². The summed E-state index contributed by atoms with van der Waals surface area (Å²) in [5, 5.41) is 0.362. The lowest BCUT2D eigenvalue weighted by Crippen LogP contribution is -2.35. The maximum atomic E-state index is 13.2. The Labute approximate surface area is 160 Å². The Bertz CT molecular complexity index is 858. The number of primary amides is 1. The van der Waals surface area contributed by atoms with Crippen LogP contribution in [-0.2, 0) is 16.0 Å². The lowest BCUT2D eigenvalue weighted by Gasteiger charge is -2.24. The third-order valence-corrected chi connectivity index (χ3v) is 4.31. The fraction of sp³-hybridized carbons (Fsp3) is 0.263. The Morgan fingerprint density at radius 2 is 1.85 bits per heavy atom. The minimum absolute atomic E-state index is 0.00892. The molecule has 0 aromatic heterocycles. The third kappa shape index (κ3) is 4.68. The molecular weight excluding hydrogens is 375 g/mol. The van der Waals surface area contributed by atoms with E-state index in [9.17, 15) is 14.0 Å². The first-order chi connectivity index (χ1) is 12.9. The van der Waals surface area contributed by atoms with E-state index < -0.39 is 11.7 Å². The van der Waals surface area contributed by atoms with Crippen LogP contribution in [0.1, 0.15) is 12.0 Å². The zero-order chi connectivity index (χ0) is 19.4. The molecule has 27 heavy (non-hydrogen) atoms. The number of rotatable bonds is 6. The Morgan fingerprint density at radius 1 is 1.15 bits per heavy atom. The molecule has 0 saturated heterocycles. The van der Waals surface area contributed by atoms with Gasteiger partial charge in [-0.05, 0) is 42.0 Å². The number of carbonyl (C=O) groups excluding carboxylic acids is 2. The molecule has 6 nitrogen and oxygen atoms in total. The van der Waals surface area contributed by atoms with Crippen LogP contribution < -0.4 is 20.1 Å². The van der Waals surface area contributed by atoms with Crippen LogP contribution in [0.2, 0.25) is 5.02 Å². The Kier molecular flexibility index (Phi) is 5.81. The molecule has 2 aromatic rings. The van der Waals surface area contributed by atoms with E-state index in [2.05, 4.69) is 0 Å². The van der Waals surface area contributed by atoms with Gasteiger partial charge in [-0.25, -0.2) is 4.39 Å². The molecule has 0 unspecified atom stereocenters. The van der Waals surface area contributed by atoms with Crippen molar-refractivity contribution in [2.45, 2.75) is 12.8 Å². The molecule has 2 amide bonds. The number of nitrogens with zero attached hydrogens (tertiary/aromatic N) is 1. The van der Waals surface area contributed by atoms with Crippen LogP contribution in [0.25, 0.3) is 0 Å². The standard InChI is InChI=1S/C19H18ClFN2O4/c20-15-9-12(10-16-19(15)27-8-7-26-16)11-18(25)23(6-5-17(22)24)14-3-1-13(21)2-4-14/h1-4,9-10H,5-8,11H2,(H2,22,24). The second kappa shape index (κ2) is 8.26. The van der Waals surface area contributed by atoms with Gasteiger partial charge < -0.3 is 20.1 Å². The molecule has 8 heteroatoms. The van der Waals surface area contributed by atoms with E-state index >= 15 is 0 Å². The number of amides is 2. The van der Waals surface area contributed by atoms with Crippen LogP contribution in [0, 0.1) is 5.82 Å². The number of hydrogen-bond acceptors (Lipinski definition) is 4. The number of hydrogen-bond donors (Lipinski definition) is 1. The first-order valence-corrected chi connectivity index (χ1v) is 8.74. The number of carbonyl (C=O) groups is 2. The monoisotopic (exact) mass is 392 g/mol. The van der Waals surface area contributed by atoms with Gasteiger partial charge in [-0.3, -0.25) is 9.59 Å². The highest BCUT2D eigenvalue weighted by atomic mass is 35.5. The lowest BCUT2D eigenvalue weighted by molar-refractivity contribution is -0.118. The second-order valence-corrected chi connectivity index (χ2v) is 6.42. The number of benzene rings is 2. The zero-order valence-electron chi connectivity index (χ0n) is 14.4. The molecular formula is C19H18ClFN2O4. The number of halogens is 2. The molecule has 0 bridgehead atoms. The van der Waals surface area contributed by atoms with E-state index in [1.807, 2.05) is 0 Å². The van der Waals surface area contributed by atoms with Crippen molar-refractivity contribution in [2.24, 2.45) is 5.73 Å². The van der Waals surface area contributed by atoms with Gasteiger partial charge in [-0.15, -0.1) is 0 Å². The van der Waals surface area contributed by atoms with Crippen LogP contribution in [0.5, 0.6) is 11.5 Å². The number of anilines is 1. The quantitative estimate of drug-likeness (QED) is 0.819. The zero-order valence-corrected chi connectivity index (χ0v) is 15.2. The highest BCUT2D eigenvalue weighted by Crippen LogP contribution is 2.38. The van der Waals surface area contributed by atoms with Crippen molar-refractivity contribution in [3.8, 4) is 11.5 Å². The van der Waals surface area contributed by atoms with Crippen molar-refractivity contribution in [3.63, 3.8) is 0 Å². The van der Waals surface area contributed by atoms with E-state index in [1.165, 1.54) is 29.2 Å². The van der Waals surface area contributed by atoms with Crippen molar-refractivity contribution in [3.05, 3.63) is 52.8 Å². The first-order valence-electron chi connectivity index (χ1n) is 8.36. The summed E-state index contributed by atoms with van der Waals surface area (Å²) in [6.45, 7) is 0.912. The molecule has 3 rings (SSSR count). The smallest absolute Gasteiger partial charge is 0.231 e. The fourth-order valence-corrected chi connectivity index (χ4v) is 3.07. The van der Waals surface area contributed by atoms with E-state index in [0.717, 1.165) is 0 Å². The molecule has 1 aliphatic rings. The van der Waals surface area contributed by atoms with Gasteiger partial charge in [-0.1, -0.05) is 11.6 Å². The van der Waals surface area contributed by atoms with Gasteiger partial charge in [0.25, 0.3) is 0 Å². The predicted molar refractivity (Wildman–Crippen MR) is 98.7 cm³/mol. The molecule has 0 saturated carbocycles. The summed E-state index contributed by atoms with van der Waals surface area (Å²) in [6.07, 6.45) is 0.0114. The van der Waals surface area contributed by atoms with Gasteiger partial charge in [0.05, 0.1) is 11.4 Å². The van der Waals surface area contributed by atoms with Gasteiger partial charge >= 0.3 is 0 Å². The maximum absolute atomic E-state index is 13.2. The van der Waals surface area contributed by atoms with Gasteiger partial charge in [0.1, 0.15) is 19.0 Å². The van der Waals surface area contributed by atoms with Crippen LogP contribution in [-0.4, -0.2) is 31.6 Å². The maximum Gasteiger partial charge on any atom is 0.231 e. The van der Waals surface area contributed by atoms with Crippen molar-refractivity contribution >= 4 is 29.1 Å². The van der Waals surface area contributed by atoms with Gasteiger partial charge in [-0.2, -0.15) is 0 Å². The van der Waals surface area contributed by atoms with Crippen molar-refractivity contribution in [1.82, 2.24) is 0 Å². The molecule has 0 fully saturated rings. The summed E-state index contributed by atoms with van der Waals surface area (Å²) in [6, 6.07) is 8.80. The highest BCUT2D eigenvalue weighted by Gasteiger charge is 2.21. The number of fused-ring (bicyclic) bond motifs is 1. The average molecular weight is 393 g/mol. The summed E-state index contributed by atoms with van der Waals surface area (Å²) < 4.78 is 24.2. The van der Waals surface area contributed by atoms with Crippen molar-refractivity contribution in [2.75, 3.05) is 24.7 Å². The summed E-state index contributed by atoms with van der Waals surface area (Å²) in [5.74, 6) is -0.280. The molecule has 0 radical (unpaired) electrons. The molecule has 0 aliphatic carbocycles. The topological polar surface area (TPSA) is 81.9 Å². The molecule has 2 N–H and O–H groups in total. The molecule has 0 atom stereocenters. The number of nitrogens with two attached hydrogens (primary N) is 1. The van der Waals surface area contributed by atoms with Crippen LogP contribution in [0.4, 0.5) is 10.1 Å². The van der Waals surface area contributed by atoms with E-state index in [0.29, 0.717) is 41.0 Å². The molecule has 142 valence electrons. The summed E-state index contributed by atoms with van der Waals surface area (Å²) in [7, 11) is 0. The van der Waals surface area contributed by atoms with E-state index in [-0.39, 0.29) is 25.3 Å². The lowest BCUT2D eigenvalue weighted by atomic mass is 10.1. The second-order valence-electron chi connectivity index (χ2n) is 6.02. The first kappa shape index (κ1) is 19.0. The van der Waals surface area contributed by atoms with Crippen LogP contribution in [0.15, 0.2) is 36.4 Å². The Hall–Kier alpha value is -2.80. The third-order valence-electron chi connectivity index (χ3n) is 4.03. The van der Waals surface area contributed by atoms with Gasteiger partial charge in [0.2, 0.25) is 11.8 Å². The fourth-order valence-electron chi connectivity index (χ4n) is 2.78. The molecule has 2 aromatic carbocycles. The van der Waals surface area contributed by atoms with E-state index in [1.54, 1.807) is 12.1 Å². The van der Waals surface area contributed by atoms with Crippen molar-refractivity contribution in [1.29, 1.82) is 0 Å². The van der Waals surface area contributed by atoms with Crippen LogP contribution in [0.3, 0.4) is 0 Å². The van der Waals surface area contributed by atoms with Crippen LogP contribution >= 0.6 is 11.6 Å². The average Bonchev–Trinajstić information content (AvgIpc) is 2.63. The Morgan fingerprint density at radius 3 is 2.56 bits per heavy atom. The largest absolute Gasteiger partial charge is 0.486 e. The molecule has 1 aliphatic heterocycles. The predicted octanol–water partition coefficient (Wildman–Crippen LogP) is 2.70. The van der Waals surface area contributed by atoms with Gasteiger partial charge in [0, 0.05) is 18.7 Å². The summed E-state index contributed by atoms with van der Waals surface area (Å²) >= 11 is 6.21. The minimum Gasteiger partial charge on any atom is -0.486 e. The van der Waals surface area contributed by atoms with Crippen molar-refractivity contribution < 1.29 is 23.5 Å². The minimum atomic E-state index is -0.530. The molecule has 0 spiro atoms. The molecule has 1 heterocycles. The Balaban J connectivity index is 1.82. The SMILES string of the molecule is NC(=O)CCN(C(=O)Cc1cc(Cl)c2c(c1)OCCO2)c1ccc(F)cc1. The van der Waals surface area contributed by atoms with Gasteiger partial charge in [0.15, 0.2) is 11.5 Å². The number of ether oxygens (including phenoxy) is 2. The normalized spacial score (nSPS) is 12.5. The summed E-state index contributed by atoms with van der Waals surface area (Å²) in [4.78, 5) is 25.4. The summed E-state index contributed by atoms with van der Waals surface area (Å²) in [5.41, 5.74) is 6.32. The highest BCUT2D eigenvalue weighted by molar-refractivity contribution is 6.32.